The number of rotatable bonds is 5. The minimum atomic E-state index is -0.190. The summed E-state index contributed by atoms with van der Waals surface area (Å²) in [4.78, 5) is 5.69. The van der Waals surface area contributed by atoms with Gasteiger partial charge in [0, 0.05) is 17.6 Å². The molecule has 18 heavy (non-hydrogen) atoms. The number of aromatic nitrogens is 1. The number of halogens is 1. The minimum absolute atomic E-state index is 0.190. The maximum Gasteiger partial charge on any atom is 0.123 e. The third kappa shape index (κ3) is 3.37. The Morgan fingerprint density at radius 1 is 1.44 bits per heavy atom. The van der Waals surface area contributed by atoms with E-state index in [0.717, 1.165) is 17.0 Å². The maximum atomic E-state index is 13.0. The second kappa shape index (κ2) is 6.07. The van der Waals surface area contributed by atoms with Crippen LogP contribution in [-0.4, -0.2) is 4.98 Å². The molecule has 4 heteroatoms. The smallest absolute Gasteiger partial charge is 0.123 e. The van der Waals surface area contributed by atoms with E-state index in [4.69, 9.17) is 0 Å². The quantitative estimate of drug-likeness (QED) is 0.890. The van der Waals surface area contributed by atoms with Crippen LogP contribution in [0, 0.1) is 5.82 Å². The van der Waals surface area contributed by atoms with Crippen LogP contribution in [0.15, 0.2) is 30.5 Å². The first-order chi connectivity index (χ1) is 8.69. The summed E-state index contributed by atoms with van der Waals surface area (Å²) in [6.45, 7) is 4.86. The van der Waals surface area contributed by atoms with E-state index in [1.54, 1.807) is 23.5 Å². The van der Waals surface area contributed by atoms with Crippen molar-refractivity contribution < 1.29 is 4.39 Å². The number of thiazole rings is 1. The van der Waals surface area contributed by atoms with E-state index in [9.17, 15) is 4.39 Å². The van der Waals surface area contributed by atoms with Crippen molar-refractivity contribution in [3.05, 3.63) is 51.7 Å². The molecule has 2 nitrogen and oxygen atoms in total. The van der Waals surface area contributed by atoms with Gasteiger partial charge >= 0.3 is 0 Å². The van der Waals surface area contributed by atoms with Crippen LogP contribution in [-0.2, 0) is 13.0 Å². The summed E-state index contributed by atoms with van der Waals surface area (Å²) in [6.07, 6.45) is 2.95. The lowest BCUT2D eigenvalue weighted by atomic mass is 10.2. The van der Waals surface area contributed by atoms with Crippen LogP contribution in [0.1, 0.15) is 35.3 Å². The molecule has 0 aliphatic rings. The van der Waals surface area contributed by atoms with Crippen LogP contribution in [0.3, 0.4) is 0 Å². The first-order valence-corrected chi connectivity index (χ1v) is 6.93. The molecule has 1 unspecified atom stereocenters. The highest BCUT2D eigenvalue weighted by Gasteiger charge is 2.09. The van der Waals surface area contributed by atoms with E-state index in [1.165, 1.54) is 10.9 Å². The van der Waals surface area contributed by atoms with Crippen molar-refractivity contribution >= 4 is 11.3 Å². The van der Waals surface area contributed by atoms with Crippen LogP contribution in [0.4, 0.5) is 4.39 Å². The zero-order chi connectivity index (χ0) is 13.0. The molecule has 2 aromatic rings. The summed E-state index contributed by atoms with van der Waals surface area (Å²) in [6, 6.07) is 6.86. The molecule has 0 spiro atoms. The summed E-state index contributed by atoms with van der Waals surface area (Å²) in [7, 11) is 0. The molecule has 1 atom stereocenters. The Labute approximate surface area is 111 Å². The molecule has 0 saturated heterocycles. The molecule has 0 aliphatic carbocycles. The van der Waals surface area contributed by atoms with Gasteiger partial charge in [-0.15, -0.1) is 11.3 Å². The summed E-state index contributed by atoms with van der Waals surface area (Å²) < 4.78 is 13.0. The Balaban J connectivity index is 1.93. The number of nitrogens with zero attached hydrogens (tertiary/aromatic N) is 1. The Hall–Kier alpha value is -1.26. The lowest BCUT2D eigenvalue weighted by Crippen LogP contribution is -2.17. The lowest BCUT2D eigenvalue weighted by Gasteiger charge is -2.11. The van der Waals surface area contributed by atoms with Gasteiger partial charge in [-0.05, 0) is 31.0 Å². The Bertz CT molecular complexity index is 510. The largest absolute Gasteiger partial charge is 0.304 e. The highest BCUT2D eigenvalue weighted by atomic mass is 32.1. The maximum absolute atomic E-state index is 13.0. The van der Waals surface area contributed by atoms with E-state index in [1.807, 2.05) is 12.3 Å². The fourth-order valence-electron chi connectivity index (χ4n) is 1.69. The summed E-state index contributed by atoms with van der Waals surface area (Å²) in [5, 5.41) is 4.45. The van der Waals surface area contributed by atoms with Crippen molar-refractivity contribution in [3.63, 3.8) is 0 Å². The van der Waals surface area contributed by atoms with Crippen LogP contribution >= 0.6 is 11.3 Å². The van der Waals surface area contributed by atoms with E-state index in [0.29, 0.717) is 6.54 Å². The molecule has 2 rings (SSSR count). The number of benzene rings is 1. The number of hydrogen-bond donors (Lipinski definition) is 1. The Morgan fingerprint density at radius 3 is 2.94 bits per heavy atom. The third-order valence-corrected chi connectivity index (χ3v) is 4.12. The molecule has 0 bridgehead atoms. The zero-order valence-electron chi connectivity index (χ0n) is 10.6. The number of hydrogen-bond acceptors (Lipinski definition) is 3. The van der Waals surface area contributed by atoms with E-state index in [-0.39, 0.29) is 11.9 Å². The SMILES string of the molecule is CCc1cnc(C(C)NCc2cccc(F)c2)s1. The molecule has 1 aromatic carbocycles. The van der Waals surface area contributed by atoms with Crippen molar-refractivity contribution in [2.45, 2.75) is 32.9 Å². The number of aryl methyl sites for hydroxylation is 1. The van der Waals surface area contributed by atoms with Crippen LogP contribution in [0.25, 0.3) is 0 Å². The lowest BCUT2D eigenvalue weighted by molar-refractivity contribution is 0.567. The monoisotopic (exact) mass is 264 g/mol. The summed E-state index contributed by atoms with van der Waals surface area (Å²) in [5.41, 5.74) is 0.953. The highest BCUT2D eigenvalue weighted by Crippen LogP contribution is 2.20. The van der Waals surface area contributed by atoms with Gasteiger partial charge in [0.15, 0.2) is 0 Å². The van der Waals surface area contributed by atoms with Gasteiger partial charge in [-0.25, -0.2) is 9.37 Å². The van der Waals surface area contributed by atoms with Gasteiger partial charge in [0.1, 0.15) is 10.8 Å². The fraction of sp³-hybridized carbons (Fsp3) is 0.357. The predicted octanol–water partition coefficient (Wildman–Crippen LogP) is 3.70. The molecule has 0 saturated carbocycles. The van der Waals surface area contributed by atoms with E-state index >= 15 is 0 Å². The normalized spacial score (nSPS) is 12.6. The Morgan fingerprint density at radius 2 is 2.28 bits per heavy atom. The van der Waals surface area contributed by atoms with Crippen molar-refractivity contribution in [2.24, 2.45) is 0 Å². The van der Waals surface area contributed by atoms with Crippen LogP contribution in [0.2, 0.25) is 0 Å². The van der Waals surface area contributed by atoms with Crippen molar-refractivity contribution in [2.75, 3.05) is 0 Å². The van der Waals surface area contributed by atoms with Gasteiger partial charge < -0.3 is 5.32 Å². The van der Waals surface area contributed by atoms with E-state index < -0.39 is 0 Å². The second-order valence-corrected chi connectivity index (χ2v) is 5.40. The topological polar surface area (TPSA) is 24.9 Å². The molecule has 1 heterocycles. The average Bonchev–Trinajstić information content (AvgIpc) is 2.85. The van der Waals surface area contributed by atoms with Crippen molar-refractivity contribution in [1.29, 1.82) is 0 Å². The third-order valence-electron chi connectivity index (χ3n) is 2.79. The molecule has 0 aliphatic heterocycles. The number of nitrogens with one attached hydrogen (secondary N) is 1. The van der Waals surface area contributed by atoms with E-state index in [2.05, 4.69) is 24.1 Å². The van der Waals surface area contributed by atoms with Crippen molar-refractivity contribution in [3.8, 4) is 0 Å². The first-order valence-electron chi connectivity index (χ1n) is 6.11. The zero-order valence-corrected chi connectivity index (χ0v) is 11.4. The molecule has 1 aromatic heterocycles. The highest BCUT2D eigenvalue weighted by molar-refractivity contribution is 7.11. The standard InChI is InChI=1S/C14H17FN2S/c1-3-13-9-17-14(18-13)10(2)16-8-11-5-4-6-12(15)7-11/h4-7,9-10,16H,3,8H2,1-2H3. The molecular formula is C14H17FN2S. The van der Waals surface area contributed by atoms with Gasteiger partial charge in [0.05, 0.1) is 6.04 Å². The molecule has 0 radical (unpaired) electrons. The molecule has 96 valence electrons. The van der Waals surface area contributed by atoms with Gasteiger partial charge in [-0.3, -0.25) is 0 Å². The Kier molecular flexibility index (Phi) is 4.44. The summed E-state index contributed by atoms with van der Waals surface area (Å²) >= 11 is 1.73. The molecule has 0 amide bonds. The molecular weight excluding hydrogens is 247 g/mol. The second-order valence-electron chi connectivity index (χ2n) is 4.25. The van der Waals surface area contributed by atoms with Gasteiger partial charge in [0.2, 0.25) is 0 Å². The van der Waals surface area contributed by atoms with Crippen LogP contribution in [0.5, 0.6) is 0 Å². The van der Waals surface area contributed by atoms with Crippen molar-refractivity contribution in [1.82, 2.24) is 10.3 Å². The van der Waals surface area contributed by atoms with Gasteiger partial charge in [-0.2, -0.15) is 0 Å². The average molecular weight is 264 g/mol. The first kappa shape index (κ1) is 13.2. The summed E-state index contributed by atoms with van der Waals surface area (Å²) in [5.74, 6) is -0.190. The molecule has 0 fully saturated rings. The fourth-order valence-corrected chi connectivity index (χ4v) is 2.58. The molecule has 1 N–H and O–H groups in total. The predicted molar refractivity (Wildman–Crippen MR) is 73.1 cm³/mol. The minimum Gasteiger partial charge on any atom is -0.304 e. The van der Waals surface area contributed by atoms with Gasteiger partial charge in [-0.1, -0.05) is 19.1 Å². The van der Waals surface area contributed by atoms with Crippen LogP contribution < -0.4 is 5.32 Å². The van der Waals surface area contributed by atoms with Gasteiger partial charge in [0.25, 0.3) is 0 Å².